The van der Waals surface area contributed by atoms with E-state index in [1.54, 1.807) is 0 Å². The molecule has 132 valence electrons. The van der Waals surface area contributed by atoms with Crippen LogP contribution < -0.4 is 13.9 Å². The van der Waals surface area contributed by atoms with Crippen LogP contribution >= 0.6 is 0 Å². The molecule has 0 atom stereocenters. The zero-order valence-electron chi connectivity index (χ0n) is 15.2. The molecule has 5 rings (SSSR count). The Balaban J connectivity index is 1.68. The van der Waals surface area contributed by atoms with Crippen molar-refractivity contribution in [2.24, 2.45) is 0 Å². The van der Waals surface area contributed by atoms with E-state index in [0.717, 1.165) is 34.2 Å². The van der Waals surface area contributed by atoms with Crippen LogP contribution in [0.15, 0.2) is 109 Å². The fraction of sp³-hybridized carbons (Fsp3) is 0. The molecule has 0 bridgehead atoms. The molecular formula is C25H18N2O+2. The van der Waals surface area contributed by atoms with E-state index in [9.17, 15) is 0 Å². The van der Waals surface area contributed by atoms with E-state index in [1.807, 2.05) is 78.9 Å². The average molecular weight is 362 g/mol. The normalized spacial score (nSPS) is 12.1. The predicted octanol–water partition coefficient (Wildman–Crippen LogP) is 6.34. The van der Waals surface area contributed by atoms with Crippen molar-refractivity contribution >= 4 is 28.8 Å². The van der Waals surface area contributed by atoms with Crippen LogP contribution in [-0.4, -0.2) is 6.01 Å². The minimum absolute atomic E-state index is 0.783. The zero-order chi connectivity index (χ0) is 18.8. The van der Waals surface area contributed by atoms with Gasteiger partial charge in [0.05, 0.1) is 0 Å². The third-order valence-electron chi connectivity index (χ3n) is 4.66. The van der Waals surface area contributed by atoms with Gasteiger partial charge in [0.1, 0.15) is 5.75 Å². The van der Waals surface area contributed by atoms with Crippen LogP contribution in [0.2, 0.25) is 0 Å². The Morgan fingerprint density at radius 3 is 1.75 bits per heavy atom. The third-order valence-corrected chi connectivity index (χ3v) is 4.66. The largest absolute Gasteiger partial charge is 0.503 e. The summed E-state index contributed by atoms with van der Waals surface area (Å²) in [6.07, 6.45) is 0. The van der Waals surface area contributed by atoms with Gasteiger partial charge >= 0.3 is 6.01 Å². The van der Waals surface area contributed by atoms with Gasteiger partial charge in [0.15, 0.2) is 5.75 Å². The summed E-state index contributed by atoms with van der Waals surface area (Å²) in [5, 5.41) is 0. The van der Waals surface area contributed by atoms with Crippen LogP contribution in [-0.2, 0) is 0 Å². The van der Waals surface area contributed by atoms with Gasteiger partial charge in [-0.15, -0.1) is 0 Å². The van der Waals surface area contributed by atoms with Crippen molar-refractivity contribution < 1.29 is 4.74 Å². The SMILES string of the molecule is C1=[N+](c2ccccc2)c2ccccc2[N+]=1c1ccccc1Oc1ccccc1. The summed E-state index contributed by atoms with van der Waals surface area (Å²) in [6.45, 7) is 0. The van der Waals surface area contributed by atoms with Gasteiger partial charge in [-0.3, -0.25) is 0 Å². The van der Waals surface area contributed by atoms with E-state index < -0.39 is 0 Å². The molecule has 3 heteroatoms. The highest BCUT2D eigenvalue weighted by molar-refractivity contribution is 5.85. The Morgan fingerprint density at radius 1 is 0.500 bits per heavy atom. The Hall–Kier alpha value is -3.94. The molecule has 0 saturated heterocycles. The van der Waals surface area contributed by atoms with Crippen LogP contribution in [0, 0.1) is 0 Å². The van der Waals surface area contributed by atoms with Crippen molar-refractivity contribution in [2.75, 3.05) is 0 Å². The first-order valence-electron chi connectivity index (χ1n) is 9.23. The summed E-state index contributed by atoms with van der Waals surface area (Å²) < 4.78 is 10.3. The van der Waals surface area contributed by atoms with E-state index in [-0.39, 0.29) is 0 Å². The lowest BCUT2D eigenvalue weighted by Gasteiger charge is -2.06. The Kier molecular flexibility index (Phi) is 4.06. The number of nitrogens with zero attached hydrogens (tertiary/aromatic N) is 2. The number of hydrogen-bond donors (Lipinski definition) is 0. The first-order chi connectivity index (χ1) is 13.9. The summed E-state index contributed by atoms with van der Waals surface area (Å²) in [5.74, 6) is 1.59. The van der Waals surface area contributed by atoms with Crippen molar-refractivity contribution in [1.29, 1.82) is 0 Å². The zero-order valence-corrected chi connectivity index (χ0v) is 15.2. The molecule has 0 aromatic heterocycles. The maximum absolute atomic E-state index is 6.18. The van der Waals surface area contributed by atoms with Crippen molar-refractivity contribution in [3.05, 3.63) is 109 Å². The molecule has 0 spiro atoms. The van der Waals surface area contributed by atoms with E-state index in [4.69, 9.17) is 4.74 Å². The molecule has 0 radical (unpaired) electrons. The molecule has 1 aliphatic heterocycles. The van der Waals surface area contributed by atoms with E-state index in [0.29, 0.717) is 0 Å². The van der Waals surface area contributed by atoms with Crippen molar-refractivity contribution in [1.82, 2.24) is 9.15 Å². The van der Waals surface area contributed by atoms with Gasteiger partial charge in [-0.2, -0.15) is 0 Å². The number of benzene rings is 4. The molecule has 3 nitrogen and oxygen atoms in total. The fourth-order valence-corrected chi connectivity index (χ4v) is 3.35. The Morgan fingerprint density at radius 2 is 1.04 bits per heavy atom. The Bertz CT molecular complexity index is 1210. The van der Waals surface area contributed by atoms with Crippen molar-refractivity contribution in [2.45, 2.75) is 0 Å². The second-order valence-electron chi connectivity index (χ2n) is 6.48. The van der Waals surface area contributed by atoms with E-state index >= 15 is 0 Å². The van der Waals surface area contributed by atoms with Crippen LogP contribution in [0.1, 0.15) is 0 Å². The van der Waals surface area contributed by atoms with Gasteiger partial charge in [0, 0.05) is 30.3 Å². The lowest BCUT2D eigenvalue weighted by Crippen LogP contribution is -2.02. The first-order valence-corrected chi connectivity index (χ1v) is 9.23. The highest BCUT2D eigenvalue weighted by atomic mass is 16.5. The highest BCUT2D eigenvalue weighted by Crippen LogP contribution is 2.39. The minimum atomic E-state index is 0.783. The van der Waals surface area contributed by atoms with E-state index in [1.165, 1.54) is 0 Å². The van der Waals surface area contributed by atoms with Crippen molar-refractivity contribution in [3.8, 4) is 11.5 Å². The van der Waals surface area contributed by atoms with Gasteiger partial charge in [-0.1, -0.05) is 60.7 Å². The molecule has 28 heavy (non-hydrogen) atoms. The molecule has 0 amide bonds. The average Bonchev–Trinajstić information content (AvgIpc) is 3.15. The molecule has 0 unspecified atom stereocenters. The summed E-state index contributed by atoms with van der Waals surface area (Å²) in [6, 6.07) is 39.9. The predicted molar refractivity (Wildman–Crippen MR) is 114 cm³/mol. The van der Waals surface area contributed by atoms with Crippen LogP contribution in [0.25, 0.3) is 0 Å². The van der Waals surface area contributed by atoms with E-state index in [2.05, 4.69) is 45.5 Å². The summed E-state index contributed by atoms with van der Waals surface area (Å²) in [4.78, 5) is 0. The summed E-state index contributed by atoms with van der Waals surface area (Å²) >= 11 is 0. The Labute approximate surface area is 163 Å². The molecule has 4 aromatic carbocycles. The second-order valence-corrected chi connectivity index (χ2v) is 6.48. The number of fused-ring (bicyclic) bond motifs is 1. The topological polar surface area (TPSA) is 15.2 Å². The second kappa shape index (κ2) is 6.99. The summed E-state index contributed by atoms with van der Waals surface area (Å²) in [5.41, 5.74) is 4.16. The van der Waals surface area contributed by atoms with Crippen molar-refractivity contribution in [3.63, 3.8) is 0 Å². The molecular weight excluding hydrogens is 344 g/mol. The minimum Gasteiger partial charge on any atom is -0.450 e. The monoisotopic (exact) mass is 362 g/mol. The molecule has 1 heterocycles. The van der Waals surface area contributed by atoms with Gasteiger partial charge in [0.2, 0.25) is 5.69 Å². The van der Waals surface area contributed by atoms with Gasteiger partial charge in [0.25, 0.3) is 17.1 Å². The smallest absolute Gasteiger partial charge is 0.450 e. The quantitative estimate of drug-likeness (QED) is 0.341. The van der Waals surface area contributed by atoms with Crippen LogP contribution in [0.4, 0.5) is 22.7 Å². The lowest BCUT2D eigenvalue weighted by molar-refractivity contribution is 0.481. The molecule has 0 saturated carbocycles. The number of hydrogen-bond acceptors (Lipinski definition) is 1. The third kappa shape index (κ3) is 2.90. The molecule has 0 fully saturated rings. The molecule has 0 N–H and O–H groups in total. The lowest BCUT2D eigenvalue weighted by atomic mass is 10.2. The number of para-hydroxylation sites is 6. The number of rotatable bonds is 4. The standard InChI is InChI=1S/C25H18N2O/c1-3-11-20(12-4-1)26-19-27(23-16-8-7-15-22(23)26)24-17-9-10-18-25(24)28-21-13-5-2-6-14-21/h1-18H/q+2. The summed E-state index contributed by atoms with van der Waals surface area (Å²) in [7, 11) is 0. The van der Waals surface area contributed by atoms with Gasteiger partial charge in [-0.25, -0.2) is 0 Å². The molecule has 1 aliphatic rings. The highest BCUT2D eigenvalue weighted by Gasteiger charge is 2.37. The first kappa shape index (κ1) is 16.2. The van der Waals surface area contributed by atoms with Gasteiger partial charge < -0.3 is 4.74 Å². The molecule has 4 aromatic rings. The fourth-order valence-electron chi connectivity index (χ4n) is 3.35. The van der Waals surface area contributed by atoms with Crippen LogP contribution in [0.5, 0.6) is 11.5 Å². The van der Waals surface area contributed by atoms with Gasteiger partial charge in [-0.05, 0) is 27.4 Å². The number of ether oxygens (including phenoxy) is 1. The molecule has 0 aliphatic carbocycles. The maximum atomic E-state index is 6.18. The maximum Gasteiger partial charge on any atom is 0.503 e. The van der Waals surface area contributed by atoms with Crippen LogP contribution in [0.3, 0.4) is 0 Å².